The van der Waals surface area contributed by atoms with Crippen molar-refractivity contribution in [3.8, 4) is 0 Å². The van der Waals surface area contributed by atoms with Crippen LogP contribution in [-0.2, 0) is 0 Å². The molecule has 1 aromatic rings. The number of benzene rings is 1. The highest BCUT2D eigenvalue weighted by Gasteiger charge is 2.02. The highest BCUT2D eigenvalue weighted by Crippen LogP contribution is 2.19. The van der Waals surface area contributed by atoms with Crippen molar-refractivity contribution >= 4 is 11.6 Å². The largest absolute Gasteiger partial charge is 0.324 e. The van der Waals surface area contributed by atoms with Crippen LogP contribution in [-0.4, -0.2) is 0 Å². The van der Waals surface area contributed by atoms with E-state index in [1.807, 2.05) is 59.7 Å². The molecule has 88 valence electrons. The average Bonchev–Trinajstić information content (AvgIpc) is 2.23. The normalized spacial score (nSPS) is 10.4. The van der Waals surface area contributed by atoms with Gasteiger partial charge in [-0.1, -0.05) is 45.4 Å². The molecule has 0 radical (unpaired) electrons. The Balaban J connectivity index is 0. The zero-order chi connectivity index (χ0) is 12.4. The van der Waals surface area contributed by atoms with Gasteiger partial charge in [-0.25, -0.2) is 0 Å². The van der Waals surface area contributed by atoms with E-state index in [1.54, 1.807) is 0 Å². The van der Waals surface area contributed by atoms with Crippen molar-refractivity contribution in [2.45, 2.75) is 47.6 Å². The van der Waals surface area contributed by atoms with Crippen LogP contribution in [0.5, 0.6) is 0 Å². The van der Waals surface area contributed by atoms with Gasteiger partial charge in [-0.05, 0) is 37.1 Å². The molecule has 0 amide bonds. The fourth-order valence-corrected chi connectivity index (χ4v) is 1.38. The molecule has 0 aliphatic heterocycles. The SMILES string of the molecule is CC.CC.Cc1cc(Cl)ccc1C(C)N. The van der Waals surface area contributed by atoms with Gasteiger partial charge >= 0.3 is 0 Å². The predicted molar refractivity (Wildman–Crippen MR) is 71.5 cm³/mol. The second-order valence-electron chi connectivity index (χ2n) is 2.79. The van der Waals surface area contributed by atoms with Gasteiger partial charge in [0.1, 0.15) is 0 Å². The summed E-state index contributed by atoms with van der Waals surface area (Å²) in [5, 5.41) is 0.770. The van der Waals surface area contributed by atoms with Crippen LogP contribution in [0, 0.1) is 6.92 Å². The summed E-state index contributed by atoms with van der Waals surface area (Å²) in [4.78, 5) is 0. The third-order valence-corrected chi connectivity index (χ3v) is 1.96. The van der Waals surface area contributed by atoms with Crippen LogP contribution >= 0.6 is 11.6 Å². The Morgan fingerprint density at radius 3 is 1.93 bits per heavy atom. The van der Waals surface area contributed by atoms with Crippen molar-refractivity contribution in [2.24, 2.45) is 5.73 Å². The number of halogens is 1. The van der Waals surface area contributed by atoms with Crippen LogP contribution in [0.2, 0.25) is 5.02 Å². The van der Waals surface area contributed by atoms with E-state index in [1.165, 1.54) is 0 Å². The minimum atomic E-state index is 0.0901. The lowest BCUT2D eigenvalue weighted by molar-refractivity contribution is 0.810. The fourth-order valence-electron chi connectivity index (χ4n) is 1.15. The Hall–Kier alpha value is -0.530. The summed E-state index contributed by atoms with van der Waals surface area (Å²) in [6.45, 7) is 12.0. The van der Waals surface area contributed by atoms with E-state index >= 15 is 0 Å². The van der Waals surface area contributed by atoms with Crippen molar-refractivity contribution in [1.82, 2.24) is 0 Å². The Labute approximate surface area is 99.6 Å². The minimum absolute atomic E-state index is 0.0901. The summed E-state index contributed by atoms with van der Waals surface area (Å²) in [5.74, 6) is 0. The summed E-state index contributed by atoms with van der Waals surface area (Å²) in [6, 6.07) is 5.86. The first-order chi connectivity index (χ1) is 7.11. The summed E-state index contributed by atoms with van der Waals surface area (Å²) >= 11 is 5.78. The molecule has 2 N–H and O–H groups in total. The maximum Gasteiger partial charge on any atom is 0.0408 e. The fraction of sp³-hybridized carbons (Fsp3) is 0.538. The third-order valence-electron chi connectivity index (χ3n) is 1.72. The van der Waals surface area contributed by atoms with E-state index in [4.69, 9.17) is 17.3 Å². The first-order valence-electron chi connectivity index (χ1n) is 5.63. The van der Waals surface area contributed by atoms with Gasteiger partial charge < -0.3 is 5.73 Å². The van der Waals surface area contributed by atoms with Crippen LogP contribution in [0.4, 0.5) is 0 Å². The molecule has 0 heterocycles. The van der Waals surface area contributed by atoms with Crippen molar-refractivity contribution < 1.29 is 0 Å². The van der Waals surface area contributed by atoms with Gasteiger partial charge in [0, 0.05) is 11.1 Å². The number of hydrogen-bond acceptors (Lipinski definition) is 1. The van der Waals surface area contributed by atoms with E-state index in [9.17, 15) is 0 Å². The lowest BCUT2D eigenvalue weighted by Crippen LogP contribution is -2.06. The van der Waals surface area contributed by atoms with Crippen LogP contribution in [0.1, 0.15) is 51.8 Å². The molecule has 1 aromatic carbocycles. The molecule has 0 spiro atoms. The molecule has 0 aliphatic carbocycles. The molecule has 2 heteroatoms. The maximum absolute atomic E-state index is 5.78. The zero-order valence-electron chi connectivity index (χ0n) is 10.8. The molecule has 0 fully saturated rings. The van der Waals surface area contributed by atoms with Crippen LogP contribution < -0.4 is 5.73 Å². The van der Waals surface area contributed by atoms with E-state index < -0.39 is 0 Å². The third kappa shape index (κ3) is 6.53. The molecule has 1 atom stereocenters. The van der Waals surface area contributed by atoms with Crippen LogP contribution in [0.25, 0.3) is 0 Å². The summed E-state index contributed by atoms with van der Waals surface area (Å²) in [5.41, 5.74) is 8.04. The summed E-state index contributed by atoms with van der Waals surface area (Å²) in [7, 11) is 0. The van der Waals surface area contributed by atoms with Gasteiger partial charge in [0.15, 0.2) is 0 Å². The molecule has 0 saturated heterocycles. The molecule has 0 aromatic heterocycles. The molecular formula is C13H24ClN. The van der Waals surface area contributed by atoms with E-state index in [0.717, 1.165) is 16.1 Å². The zero-order valence-corrected chi connectivity index (χ0v) is 11.5. The van der Waals surface area contributed by atoms with Crippen molar-refractivity contribution in [1.29, 1.82) is 0 Å². The van der Waals surface area contributed by atoms with E-state index in [0.29, 0.717) is 0 Å². The molecule has 1 nitrogen and oxygen atoms in total. The number of aryl methyl sites for hydroxylation is 1. The lowest BCUT2D eigenvalue weighted by atomic mass is 10.0. The summed E-state index contributed by atoms with van der Waals surface area (Å²) in [6.07, 6.45) is 0. The standard InChI is InChI=1S/C9H12ClN.2C2H6/c1-6-5-8(10)3-4-9(6)7(2)11;2*1-2/h3-5,7H,11H2,1-2H3;2*1-2H3. The van der Waals surface area contributed by atoms with Crippen molar-refractivity contribution in [2.75, 3.05) is 0 Å². The Morgan fingerprint density at radius 2 is 1.60 bits per heavy atom. The Bertz CT molecular complexity index is 257. The minimum Gasteiger partial charge on any atom is -0.324 e. The second kappa shape index (κ2) is 10.0. The highest BCUT2D eigenvalue weighted by atomic mass is 35.5. The van der Waals surface area contributed by atoms with Crippen molar-refractivity contribution in [3.63, 3.8) is 0 Å². The van der Waals surface area contributed by atoms with Gasteiger partial charge in [-0.2, -0.15) is 0 Å². The predicted octanol–water partition coefficient (Wildman–Crippen LogP) is 4.72. The van der Waals surface area contributed by atoms with Crippen molar-refractivity contribution in [3.05, 3.63) is 34.3 Å². The first-order valence-corrected chi connectivity index (χ1v) is 6.00. The highest BCUT2D eigenvalue weighted by molar-refractivity contribution is 6.30. The van der Waals surface area contributed by atoms with Gasteiger partial charge in [0.25, 0.3) is 0 Å². The van der Waals surface area contributed by atoms with Crippen LogP contribution in [0.15, 0.2) is 18.2 Å². The van der Waals surface area contributed by atoms with Gasteiger partial charge in [0.2, 0.25) is 0 Å². The van der Waals surface area contributed by atoms with E-state index in [-0.39, 0.29) is 6.04 Å². The van der Waals surface area contributed by atoms with E-state index in [2.05, 4.69) is 0 Å². The monoisotopic (exact) mass is 229 g/mol. The molecule has 0 saturated carbocycles. The number of nitrogens with two attached hydrogens (primary N) is 1. The molecule has 1 unspecified atom stereocenters. The van der Waals surface area contributed by atoms with Crippen LogP contribution in [0.3, 0.4) is 0 Å². The summed E-state index contributed by atoms with van der Waals surface area (Å²) < 4.78 is 0. The maximum atomic E-state index is 5.78. The number of hydrogen-bond donors (Lipinski definition) is 1. The second-order valence-corrected chi connectivity index (χ2v) is 3.23. The smallest absolute Gasteiger partial charge is 0.0408 e. The first kappa shape index (κ1) is 16.9. The Morgan fingerprint density at radius 1 is 1.13 bits per heavy atom. The van der Waals surface area contributed by atoms with Gasteiger partial charge in [-0.15, -0.1) is 0 Å². The van der Waals surface area contributed by atoms with Gasteiger partial charge in [0.05, 0.1) is 0 Å². The number of rotatable bonds is 1. The Kier molecular flexibility index (Phi) is 11.3. The molecular weight excluding hydrogens is 206 g/mol. The molecule has 0 aliphatic rings. The molecule has 15 heavy (non-hydrogen) atoms. The lowest BCUT2D eigenvalue weighted by Gasteiger charge is -2.08. The molecule has 1 rings (SSSR count). The van der Waals surface area contributed by atoms with Gasteiger partial charge in [-0.3, -0.25) is 0 Å². The quantitative estimate of drug-likeness (QED) is 0.741. The average molecular weight is 230 g/mol. The molecule has 0 bridgehead atoms. The topological polar surface area (TPSA) is 26.0 Å².